The zero-order chi connectivity index (χ0) is 15.5. The van der Waals surface area contributed by atoms with Crippen molar-refractivity contribution < 1.29 is 4.74 Å². The van der Waals surface area contributed by atoms with E-state index in [0.29, 0.717) is 6.04 Å². The zero-order valence-electron chi connectivity index (χ0n) is 14.7. The van der Waals surface area contributed by atoms with Crippen LogP contribution in [0.25, 0.3) is 0 Å². The number of rotatable bonds is 5. The number of nitrogens with zero attached hydrogens (tertiary/aromatic N) is 2. The first-order chi connectivity index (χ1) is 9.85. The molecule has 0 aromatic heterocycles. The lowest BCUT2D eigenvalue weighted by Crippen LogP contribution is -2.59. The number of piperazine rings is 1. The molecule has 0 bridgehead atoms. The van der Waals surface area contributed by atoms with E-state index in [1.807, 2.05) is 0 Å². The summed E-state index contributed by atoms with van der Waals surface area (Å²) in [5, 5.41) is 3.82. The van der Waals surface area contributed by atoms with E-state index in [4.69, 9.17) is 4.74 Å². The van der Waals surface area contributed by atoms with Crippen LogP contribution in [0.3, 0.4) is 0 Å². The Morgan fingerprint density at radius 1 is 1.24 bits per heavy atom. The number of ether oxygens (including phenoxy) is 1. The summed E-state index contributed by atoms with van der Waals surface area (Å²) < 4.78 is 5.95. The van der Waals surface area contributed by atoms with Crippen LogP contribution in [0.15, 0.2) is 0 Å². The smallest absolute Gasteiger partial charge is 0.0666 e. The Balaban J connectivity index is 1.81. The molecule has 0 spiro atoms. The number of nitrogens with one attached hydrogen (secondary N) is 1. The minimum atomic E-state index is 0.0773. The van der Waals surface area contributed by atoms with Crippen LogP contribution in [0, 0.1) is 0 Å². The van der Waals surface area contributed by atoms with E-state index < -0.39 is 0 Å². The van der Waals surface area contributed by atoms with E-state index in [2.05, 4.69) is 49.9 Å². The van der Waals surface area contributed by atoms with E-state index in [-0.39, 0.29) is 11.1 Å². The molecule has 4 heteroatoms. The normalized spacial score (nSPS) is 33.3. The SMILES string of the molecule is CCC1(C)CC(NCC(C)(C)N2CCN(C)CC2)CCO1. The van der Waals surface area contributed by atoms with Crippen LogP contribution in [-0.4, -0.2) is 73.4 Å². The van der Waals surface area contributed by atoms with Gasteiger partial charge < -0.3 is 15.0 Å². The van der Waals surface area contributed by atoms with Gasteiger partial charge in [-0.3, -0.25) is 4.90 Å². The molecule has 2 atom stereocenters. The highest BCUT2D eigenvalue weighted by Crippen LogP contribution is 2.28. The van der Waals surface area contributed by atoms with Gasteiger partial charge in [-0.1, -0.05) is 6.92 Å². The van der Waals surface area contributed by atoms with Crippen molar-refractivity contribution in [1.82, 2.24) is 15.1 Å². The molecule has 2 saturated heterocycles. The number of hydrogen-bond acceptors (Lipinski definition) is 4. The van der Waals surface area contributed by atoms with Crippen molar-refractivity contribution in [3.05, 3.63) is 0 Å². The number of hydrogen-bond donors (Lipinski definition) is 1. The van der Waals surface area contributed by atoms with E-state index in [1.54, 1.807) is 0 Å². The summed E-state index contributed by atoms with van der Waals surface area (Å²) in [7, 11) is 2.22. The third kappa shape index (κ3) is 4.65. The molecule has 2 aliphatic heterocycles. The first-order valence-electron chi connectivity index (χ1n) is 8.66. The van der Waals surface area contributed by atoms with Crippen molar-refractivity contribution in [3.63, 3.8) is 0 Å². The monoisotopic (exact) mass is 297 g/mol. The Kier molecular flexibility index (Phi) is 5.69. The molecule has 0 aromatic carbocycles. The summed E-state index contributed by atoms with van der Waals surface area (Å²) in [6.07, 6.45) is 3.39. The molecule has 2 aliphatic rings. The second-order valence-corrected chi connectivity index (χ2v) is 7.83. The molecule has 124 valence electrons. The van der Waals surface area contributed by atoms with Gasteiger partial charge in [-0.2, -0.15) is 0 Å². The fraction of sp³-hybridized carbons (Fsp3) is 1.00. The predicted molar refractivity (Wildman–Crippen MR) is 88.8 cm³/mol. The average molecular weight is 297 g/mol. The lowest BCUT2D eigenvalue weighted by molar-refractivity contribution is -0.0793. The molecule has 0 aromatic rings. The topological polar surface area (TPSA) is 27.7 Å². The van der Waals surface area contributed by atoms with Crippen molar-refractivity contribution in [1.29, 1.82) is 0 Å². The molecular weight excluding hydrogens is 262 g/mol. The molecule has 0 aliphatic carbocycles. The summed E-state index contributed by atoms with van der Waals surface area (Å²) in [6.45, 7) is 16.0. The molecule has 0 amide bonds. The highest BCUT2D eigenvalue weighted by molar-refractivity contribution is 4.91. The van der Waals surface area contributed by atoms with Gasteiger partial charge in [-0.05, 0) is 47.1 Å². The molecule has 0 radical (unpaired) electrons. The summed E-state index contributed by atoms with van der Waals surface area (Å²) >= 11 is 0. The fourth-order valence-corrected chi connectivity index (χ4v) is 3.47. The van der Waals surface area contributed by atoms with Gasteiger partial charge >= 0.3 is 0 Å². The Morgan fingerprint density at radius 3 is 2.52 bits per heavy atom. The lowest BCUT2D eigenvalue weighted by atomic mass is 9.89. The Labute approximate surface area is 131 Å². The van der Waals surface area contributed by atoms with Gasteiger partial charge in [-0.15, -0.1) is 0 Å². The molecule has 2 rings (SSSR count). The first kappa shape index (κ1) is 17.2. The molecule has 2 heterocycles. The Bertz CT molecular complexity index is 326. The third-order valence-electron chi connectivity index (χ3n) is 5.53. The molecule has 2 fully saturated rings. The molecule has 0 saturated carbocycles. The van der Waals surface area contributed by atoms with E-state index in [0.717, 1.165) is 32.4 Å². The zero-order valence-corrected chi connectivity index (χ0v) is 14.7. The van der Waals surface area contributed by atoms with Crippen LogP contribution in [0.5, 0.6) is 0 Å². The largest absolute Gasteiger partial charge is 0.375 e. The van der Waals surface area contributed by atoms with Crippen LogP contribution >= 0.6 is 0 Å². The summed E-state index contributed by atoms with van der Waals surface area (Å²) in [4.78, 5) is 5.06. The summed E-state index contributed by atoms with van der Waals surface area (Å²) in [6, 6.07) is 0.607. The quantitative estimate of drug-likeness (QED) is 0.839. The van der Waals surface area contributed by atoms with Gasteiger partial charge in [0.1, 0.15) is 0 Å². The van der Waals surface area contributed by atoms with Gasteiger partial charge in [0.25, 0.3) is 0 Å². The van der Waals surface area contributed by atoms with Crippen LogP contribution < -0.4 is 5.32 Å². The van der Waals surface area contributed by atoms with Crippen molar-refractivity contribution in [3.8, 4) is 0 Å². The molecule has 1 N–H and O–H groups in total. The maximum atomic E-state index is 5.95. The van der Waals surface area contributed by atoms with E-state index in [1.165, 1.54) is 26.2 Å². The second-order valence-electron chi connectivity index (χ2n) is 7.83. The Hall–Kier alpha value is -0.160. The van der Waals surface area contributed by atoms with E-state index in [9.17, 15) is 0 Å². The minimum Gasteiger partial charge on any atom is -0.375 e. The van der Waals surface area contributed by atoms with Crippen molar-refractivity contribution in [2.24, 2.45) is 0 Å². The summed E-state index contributed by atoms with van der Waals surface area (Å²) in [5.41, 5.74) is 0.316. The van der Waals surface area contributed by atoms with Crippen LogP contribution in [-0.2, 0) is 4.74 Å². The van der Waals surface area contributed by atoms with Crippen LogP contribution in [0.1, 0.15) is 47.0 Å². The van der Waals surface area contributed by atoms with E-state index >= 15 is 0 Å². The lowest BCUT2D eigenvalue weighted by Gasteiger charge is -2.45. The van der Waals surface area contributed by atoms with Gasteiger partial charge in [0.05, 0.1) is 5.60 Å². The van der Waals surface area contributed by atoms with Gasteiger partial charge in [0, 0.05) is 50.9 Å². The average Bonchev–Trinajstić information content (AvgIpc) is 2.46. The molecular formula is C17H35N3O. The first-order valence-corrected chi connectivity index (χ1v) is 8.66. The van der Waals surface area contributed by atoms with Gasteiger partial charge in [0.2, 0.25) is 0 Å². The highest BCUT2D eigenvalue weighted by Gasteiger charge is 2.34. The fourth-order valence-electron chi connectivity index (χ4n) is 3.47. The minimum absolute atomic E-state index is 0.0773. The second kappa shape index (κ2) is 6.95. The Morgan fingerprint density at radius 2 is 1.90 bits per heavy atom. The maximum absolute atomic E-state index is 5.95. The van der Waals surface area contributed by atoms with Crippen molar-refractivity contribution >= 4 is 0 Å². The van der Waals surface area contributed by atoms with Crippen LogP contribution in [0.4, 0.5) is 0 Å². The summed E-state index contributed by atoms with van der Waals surface area (Å²) in [5.74, 6) is 0. The number of likely N-dealkylation sites (N-methyl/N-ethyl adjacent to an activating group) is 1. The predicted octanol–water partition coefficient (Wildman–Crippen LogP) is 1.95. The molecule has 4 nitrogen and oxygen atoms in total. The maximum Gasteiger partial charge on any atom is 0.0666 e. The highest BCUT2D eigenvalue weighted by atomic mass is 16.5. The molecule has 21 heavy (non-hydrogen) atoms. The van der Waals surface area contributed by atoms with Crippen molar-refractivity contribution in [2.75, 3.05) is 46.4 Å². The standard InChI is InChI=1S/C17H35N3O/c1-6-17(4)13-15(7-12-21-17)18-14-16(2,3)20-10-8-19(5)9-11-20/h15,18H,6-14H2,1-5H3. The van der Waals surface area contributed by atoms with Gasteiger partial charge in [0.15, 0.2) is 0 Å². The van der Waals surface area contributed by atoms with Gasteiger partial charge in [-0.25, -0.2) is 0 Å². The van der Waals surface area contributed by atoms with Crippen molar-refractivity contribution in [2.45, 2.75) is 64.1 Å². The van der Waals surface area contributed by atoms with Crippen LogP contribution in [0.2, 0.25) is 0 Å². The molecule has 2 unspecified atom stereocenters. The third-order valence-corrected chi connectivity index (χ3v) is 5.53.